The highest BCUT2D eigenvalue weighted by atomic mass is 16.5. The van der Waals surface area contributed by atoms with Crippen LogP contribution in [0.15, 0.2) is 78.9 Å². The molecular formula is C22H20O. The molecular weight excluding hydrogens is 280 g/mol. The second-order valence-corrected chi connectivity index (χ2v) is 5.56. The highest BCUT2D eigenvalue weighted by Crippen LogP contribution is 2.27. The maximum atomic E-state index is 5.24. The smallest absolute Gasteiger partial charge is 0.118 e. The third-order valence-corrected chi connectivity index (χ3v) is 3.87. The highest BCUT2D eigenvalue weighted by Gasteiger charge is 2.05. The van der Waals surface area contributed by atoms with Gasteiger partial charge in [0.25, 0.3) is 0 Å². The van der Waals surface area contributed by atoms with Crippen LogP contribution in [-0.4, -0.2) is 7.11 Å². The van der Waals surface area contributed by atoms with Crippen molar-refractivity contribution in [2.45, 2.75) is 6.92 Å². The number of ether oxygens (including phenoxy) is 1. The normalized spacial score (nSPS) is 11.3. The van der Waals surface area contributed by atoms with Gasteiger partial charge >= 0.3 is 0 Å². The largest absolute Gasteiger partial charge is 0.497 e. The molecule has 0 radical (unpaired) electrons. The predicted molar refractivity (Wildman–Crippen MR) is 97.6 cm³/mol. The maximum absolute atomic E-state index is 5.24. The van der Waals surface area contributed by atoms with E-state index in [1.165, 1.54) is 22.3 Å². The lowest BCUT2D eigenvalue weighted by atomic mass is 9.95. The zero-order valence-electron chi connectivity index (χ0n) is 13.5. The molecule has 0 atom stereocenters. The van der Waals surface area contributed by atoms with Crippen LogP contribution in [0.3, 0.4) is 0 Å². The Morgan fingerprint density at radius 3 is 1.96 bits per heavy atom. The van der Waals surface area contributed by atoms with Crippen LogP contribution in [-0.2, 0) is 0 Å². The van der Waals surface area contributed by atoms with Crippen molar-refractivity contribution in [2.75, 3.05) is 7.11 Å². The van der Waals surface area contributed by atoms with Crippen molar-refractivity contribution >= 4 is 11.6 Å². The Kier molecular flexibility index (Phi) is 4.58. The summed E-state index contributed by atoms with van der Waals surface area (Å²) < 4.78 is 5.24. The fourth-order valence-corrected chi connectivity index (χ4v) is 2.55. The van der Waals surface area contributed by atoms with Crippen LogP contribution < -0.4 is 4.74 Å². The van der Waals surface area contributed by atoms with Gasteiger partial charge in [0, 0.05) is 0 Å². The zero-order chi connectivity index (χ0) is 16.1. The Morgan fingerprint density at radius 1 is 0.739 bits per heavy atom. The van der Waals surface area contributed by atoms with Gasteiger partial charge in [-0.1, -0.05) is 72.3 Å². The summed E-state index contributed by atoms with van der Waals surface area (Å²) in [4.78, 5) is 0. The molecule has 3 aromatic rings. The fraction of sp³-hybridized carbons (Fsp3) is 0.0909. The monoisotopic (exact) mass is 300 g/mol. The molecule has 0 bridgehead atoms. The average molecular weight is 300 g/mol. The van der Waals surface area contributed by atoms with Gasteiger partial charge in [-0.25, -0.2) is 0 Å². The van der Waals surface area contributed by atoms with Gasteiger partial charge in [-0.2, -0.15) is 0 Å². The van der Waals surface area contributed by atoms with E-state index in [1.807, 2.05) is 18.2 Å². The van der Waals surface area contributed by atoms with Crippen molar-refractivity contribution < 1.29 is 4.74 Å². The third kappa shape index (κ3) is 3.70. The summed E-state index contributed by atoms with van der Waals surface area (Å²) in [6.45, 7) is 2.11. The first-order valence-corrected chi connectivity index (χ1v) is 7.74. The molecule has 0 heterocycles. The molecule has 0 N–H and O–H groups in total. The Hall–Kier alpha value is -2.80. The van der Waals surface area contributed by atoms with E-state index in [9.17, 15) is 0 Å². The van der Waals surface area contributed by atoms with E-state index >= 15 is 0 Å². The Morgan fingerprint density at radius 2 is 1.35 bits per heavy atom. The van der Waals surface area contributed by atoms with E-state index in [4.69, 9.17) is 4.74 Å². The van der Waals surface area contributed by atoms with Gasteiger partial charge in [-0.15, -0.1) is 0 Å². The number of methoxy groups -OCH3 is 1. The van der Waals surface area contributed by atoms with E-state index in [-0.39, 0.29) is 0 Å². The van der Waals surface area contributed by atoms with E-state index in [2.05, 4.69) is 73.7 Å². The van der Waals surface area contributed by atoms with Crippen molar-refractivity contribution in [3.63, 3.8) is 0 Å². The van der Waals surface area contributed by atoms with Crippen LogP contribution in [0.2, 0.25) is 0 Å². The topological polar surface area (TPSA) is 9.23 Å². The van der Waals surface area contributed by atoms with Crippen LogP contribution >= 0.6 is 0 Å². The van der Waals surface area contributed by atoms with Gasteiger partial charge in [-0.05, 0) is 47.4 Å². The second kappa shape index (κ2) is 6.97. The first kappa shape index (κ1) is 15.1. The SMILES string of the molecule is COc1ccc(/C=C(/c2ccccc2)c2ccc(C)cc2)cc1. The molecule has 0 unspecified atom stereocenters. The molecule has 1 nitrogen and oxygen atoms in total. The number of hydrogen-bond donors (Lipinski definition) is 0. The van der Waals surface area contributed by atoms with Gasteiger partial charge < -0.3 is 4.74 Å². The average Bonchev–Trinajstić information content (AvgIpc) is 2.62. The molecule has 0 aliphatic heterocycles. The van der Waals surface area contributed by atoms with Gasteiger partial charge in [0.2, 0.25) is 0 Å². The molecule has 0 aliphatic rings. The summed E-state index contributed by atoms with van der Waals surface area (Å²) >= 11 is 0. The number of aryl methyl sites for hydroxylation is 1. The maximum Gasteiger partial charge on any atom is 0.118 e. The predicted octanol–water partition coefficient (Wildman–Crippen LogP) is 5.59. The van der Waals surface area contributed by atoms with Crippen molar-refractivity contribution in [2.24, 2.45) is 0 Å². The van der Waals surface area contributed by atoms with Crippen molar-refractivity contribution in [1.82, 2.24) is 0 Å². The standard InChI is InChI=1S/C22H20O/c1-17-8-12-20(13-9-17)22(19-6-4-3-5-7-19)16-18-10-14-21(23-2)15-11-18/h3-16H,1-2H3/b22-16-. The molecule has 114 valence electrons. The van der Waals surface area contributed by atoms with Crippen LogP contribution in [0, 0.1) is 6.92 Å². The molecule has 0 saturated carbocycles. The molecule has 0 aromatic heterocycles. The summed E-state index contributed by atoms with van der Waals surface area (Å²) in [7, 11) is 1.69. The quantitative estimate of drug-likeness (QED) is 0.570. The molecule has 0 aliphatic carbocycles. The van der Waals surface area contributed by atoms with E-state index in [1.54, 1.807) is 7.11 Å². The van der Waals surface area contributed by atoms with E-state index in [0.717, 1.165) is 11.3 Å². The molecule has 0 amide bonds. The van der Waals surface area contributed by atoms with Crippen molar-refractivity contribution in [3.8, 4) is 5.75 Å². The van der Waals surface area contributed by atoms with Gasteiger partial charge in [0.15, 0.2) is 0 Å². The van der Waals surface area contributed by atoms with Crippen LogP contribution in [0.1, 0.15) is 22.3 Å². The first-order chi connectivity index (χ1) is 11.3. The summed E-state index contributed by atoms with van der Waals surface area (Å²) in [5.74, 6) is 0.874. The lowest BCUT2D eigenvalue weighted by molar-refractivity contribution is 0.415. The molecule has 23 heavy (non-hydrogen) atoms. The minimum atomic E-state index is 0.874. The Bertz CT molecular complexity index is 782. The Labute approximate surface area is 137 Å². The van der Waals surface area contributed by atoms with Crippen molar-refractivity contribution in [3.05, 3.63) is 101 Å². The first-order valence-electron chi connectivity index (χ1n) is 7.74. The molecule has 1 heteroatoms. The number of rotatable bonds is 4. The fourth-order valence-electron chi connectivity index (χ4n) is 2.55. The van der Waals surface area contributed by atoms with Crippen LogP contribution in [0.5, 0.6) is 5.75 Å². The van der Waals surface area contributed by atoms with E-state index in [0.29, 0.717) is 0 Å². The minimum Gasteiger partial charge on any atom is -0.497 e. The summed E-state index contributed by atoms with van der Waals surface area (Å²) in [5.41, 5.74) is 6.08. The van der Waals surface area contributed by atoms with Gasteiger partial charge in [0.05, 0.1) is 7.11 Å². The second-order valence-electron chi connectivity index (χ2n) is 5.56. The third-order valence-electron chi connectivity index (χ3n) is 3.87. The van der Waals surface area contributed by atoms with Crippen LogP contribution in [0.25, 0.3) is 11.6 Å². The highest BCUT2D eigenvalue weighted by molar-refractivity contribution is 5.91. The molecule has 0 fully saturated rings. The molecule has 3 rings (SSSR count). The van der Waals surface area contributed by atoms with Gasteiger partial charge in [-0.3, -0.25) is 0 Å². The van der Waals surface area contributed by atoms with Gasteiger partial charge in [0.1, 0.15) is 5.75 Å². The molecule has 0 spiro atoms. The molecule has 0 saturated heterocycles. The Balaban J connectivity index is 2.07. The van der Waals surface area contributed by atoms with Crippen molar-refractivity contribution in [1.29, 1.82) is 0 Å². The molecule has 3 aromatic carbocycles. The number of benzene rings is 3. The summed E-state index contributed by atoms with van der Waals surface area (Å²) in [5, 5.41) is 0. The summed E-state index contributed by atoms with van der Waals surface area (Å²) in [6, 6.07) is 27.3. The summed E-state index contributed by atoms with van der Waals surface area (Å²) in [6.07, 6.45) is 2.22. The number of hydrogen-bond acceptors (Lipinski definition) is 1. The lowest BCUT2D eigenvalue weighted by Gasteiger charge is -2.10. The zero-order valence-corrected chi connectivity index (χ0v) is 13.5. The minimum absolute atomic E-state index is 0.874. The van der Waals surface area contributed by atoms with E-state index < -0.39 is 0 Å². The lowest BCUT2D eigenvalue weighted by Crippen LogP contribution is -1.89. The van der Waals surface area contributed by atoms with Crippen LogP contribution in [0.4, 0.5) is 0 Å².